The Hall–Kier alpha value is -2.34. The van der Waals surface area contributed by atoms with Crippen LogP contribution in [-0.2, 0) is 20.0 Å². The van der Waals surface area contributed by atoms with Crippen LogP contribution in [-0.4, -0.2) is 27.2 Å². The molecule has 2 aromatic carbocycles. The second-order valence-corrected chi connectivity index (χ2v) is 8.77. The van der Waals surface area contributed by atoms with Gasteiger partial charge < -0.3 is 10.1 Å². The molecular weight excluding hydrogens is 338 g/mol. The first kappa shape index (κ1) is 19.0. The van der Waals surface area contributed by atoms with E-state index in [1.54, 1.807) is 48.5 Å². The van der Waals surface area contributed by atoms with Crippen molar-refractivity contribution in [3.8, 4) is 5.75 Å². The standard InChI is InChI=1S/C19H23NO4S/c1-19(2,3)14-9-11-15(12-10-14)25(22,23)13-18(21)20-16-7-5-6-8-17(16)24-4/h5-12H,13H2,1-4H3,(H,20,21). The molecule has 5 nitrogen and oxygen atoms in total. The number of carbonyl (C=O) groups is 1. The molecular formula is C19H23NO4S. The Morgan fingerprint density at radius 1 is 1.04 bits per heavy atom. The first-order chi connectivity index (χ1) is 11.6. The fourth-order valence-electron chi connectivity index (χ4n) is 2.35. The molecule has 0 aliphatic rings. The Bertz CT molecular complexity index is 850. The van der Waals surface area contributed by atoms with Crippen LogP contribution >= 0.6 is 0 Å². The van der Waals surface area contributed by atoms with Gasteiger partial charge in [-0.05, 0) is 35.2 Å². The zero-order chi connectivity index (χ0) is 18.7. The van der Waals surface area contributed by atoms with E-state index in [0.717, 1.165) is 5.56 Å². The minimum atomic E-state index is -3.71. The normalized spacial score (nSPS) is 11.8. The molecule has 0 aliphatic heterocycles. The monoisotopic (exact) mass is 361 g/mol. The molecule has 1 amide bonds. The van der Waals surface area contributed by atoms with Crippen molar-refractivity contribution in [3.63, 3.8) is 0 Å². The topological polar surface area (TPSA) is 72.5 Å². The molecule has 0 unspecified atom stereocenters. The summed E-state index contributed by atoms with van der Waals surface area (Å²) in [5.74, 6) is -0.757. The lowest BCUT2D eigenvalue weighted by atomic mass is 9.87. The van der Waals surface area contributed by atoms with Crippen LogP contribution < -0.4 is 10.1 Å². The Morgan fingerprint density at radius 3 is 2.20 bits per heavy atom. The quantitative estimate of drug-likeness (QED) is 0.886. The van der Waals surface area contributed by atoms with Crippen LogP contribution in [0.1, 0.15) is 26.3 Å². The lowest BCUT2D eigenvalue weighted by Crippen LogP contribution is -2.23. The molecule has 2 rings (SSSR count). The van der Waals surface area contributed by atoms with E-state index in [-0.39, 0.29) is 10.3 Å². The fraction of sp³-hybridized carbons (Fsp3) is 0.316. The molecule has 0 atom stereocenters. The highest BCUT2D eigenvalue weighted by Gasteiger charge is 2.21. The highest BCUT2D eigenvalue weighted by atomic mass is 32.2. The van der Waals surface area contributed by atoms with Gasteiger partial charge in [-0.15, -0.1) is 0 Å². The maximum absolute atomic E-state index is 12.5. The molecule has 0 aliphatic carbocycles. The molecule has 0 spiro atoms. The average molecular weight is 361 g/mol. The number of para-hydroxylation sites is 2. The summed E-state index contributed by atoms with van der Waals surface area (Å²) in [5, 5.41) is 2.58. The minimum absolute atomic E-state index is 0.0659. The molecule has 0 saturated carbocycles. The minimum Gasteiger partial charge on any atom is -0.495 e. The Balaban J connectivity index is 2.14. The summed E-state index contributed by atoms with van der Waals surface area (Å²) in [6, 6.07) is 13.5. The summed E-state index contributed by atoms with van der Waals surface area (Å²) in [5.41, 5.74) is 1.40. The van der Waals surface area contributed by atoms with Gasteiger partial charge in [0.05, 0.1) is 17.7 Å². The maximum Gasteiger partial charge on any atom is 0.240 e. The van der Waals surface area contributed by atoms with Crippen molar-refractivity contribution in [2.45, 2.75) is 31.1 Å². The predicted molar refractivity (Wildman–Crippen MR) is 98.8 cm³/mol. The van der Waals surface area contributed by atoms with Crippen molar-refractivity contribution >= 4 is 21.4 Å². The van der Waals surface area contributed by atoms with Gasteiger partial charge in [-0.25, -0.2) is 8.42 Å². The summed E-state index contributed by atoms with van der Waals surface area (Å²) in [7, 11) is -2.23. The van der Waals surface area contributed by atoms with E-state index in [0.29, 0.717) is 11.4 Å². The maximum atomic E-state index is 12.5. The molecule has 2 aromatic rings. The van der Waals surface area contributed by atoms with Gasteiger partial charge in [-0.1, -0.05) is 45.0 Å². The molecule has 0 heterocycles. The van der Waals surface area contributed by atoms with Crippen LogP contribution in [0.15, 0.2) is 53.4 Å². The lowest BCUT2D eigenvalue weighted by molar-refractivity contribution is -0.113. The second kappa shape index (κ2) is 7.27. The zero-order valence-corrected chi connectivity index (χ0v) is 15.7. The summed E-state index contributed by atoms with van der Waals surface area (Å²) < 4.78 is 30.1. The number of nitrogens with one attached hydrogen (secondary N) is 1. The number of methoxy groups -OCH3 is 1. The SMILES string of the molecule is COc1ccccc1NC(=O)CS(=O)(=O)c1ccc(C(C)(C)C)cc1. The largest absolute Gasteiger partial charge is 0.495 e. The number of amides is 1. The van der Waals surface area contributed by atoms with Crippen LogP contribution in [0.5, 0.6) is 5.75 Å². The van der Waals surface area contributed by atoms with Gasteiger partial charge in [0.2, 0.25) is 5.91 Å². The summed E-state index contributed by atoms with van der Waals surface area (Å²) in [6.07, 6.45) is 0. The molecule has 6 heteroatoms. The van der Waals surface area contributed by atoms with Crippen molar-refractivity contribution in [3.05, 3.63) is 54.1 Å². The van der Waals surface area contributed by atoms with E-state index >= 15 is 0 Å². The average Bonchev–Trinajstić information content (AvgIpc) is 2.54. The van der Waals surface area contributed by atoms with Gasteiger partial charge in [0.25, 0.3) is 0 Å². The van der Waals surface area contributed by atoms with Crippen LogP contribution in [0.2, 0.25) is 0 Å². The van der Waals surface area contributed by atoms with Crippen molar-refractivity contribution in [1.82, 2.24) is 0 Å². The molecule has 0 radical (unpaired) electrons. The number of hydrogen-bond acceptors (Lipinski definition) is 4. The fourth-order valence-corrected chi connectivity index (χ4v) is 3.49. The molecule has 1 N–H and O–H groups in total. The number of carbonyl (C=O) groups excluding carboxylic acids is 1. The van der Waals surface area contributed by atoms with Gasteiger partial charge >= 0.3 is 0 Å². The third kappa shape index (κ3) is 4.82. The first-order valence-corrected chi connectivity index (χ1v) is 9.55. The van der Waals surface area contributed by atoms with Crippen LogP contribution in [0, 0.1) is 0 Å². The van der Waals surface area contributed by atoms with Gasteiger partial charge in [-0.3, -0.25) is 4.79 Å². The molecule has 25 heavy (non-hydrogen) atoms. The molecule has 0 aromatic heterocycles. The van der Waals surface area contributed by atoms with E-state index < -0.39 is 21.5 Å². The third-order valence-corrected chi connectivity index (χ3v) is 5.41. The Morgan fingerprint density at radius 2 is 1.64 bits per heavy atom. The van der Waals surface area contributed by atoms with Crippen LogP contribution in [0.25, 0.3) is 0 Å². The van der Waals surface area contributed by atoms with Crippen LogP contribution in [0.4, 0.5) is 5.69 Å². The van der Waals surface area contributed by atoms with Crippen molar-refractivity contribution in [2.24, 2.45) is 0 Å². The van der Waals surface area contributed by atoms with Crippen LogP contribution in [0.3, 0.4) is 0 Å². The predicted octanol–water partition coefficient (Wildman–Crippen LogP) is 3.41. The smallest absolute Gasteiger partial charge is 0.240 e. The first-order valence-electron chi connectivity index (χ1n) is 7.89. The van der Waals surface area contributed by atoms with Crippen molar-refractivity contribution in [1.29, 1.82) is 0 Å². The molecule has 134 valence electrons. The number of sulfone groups is 1. The van der Waals surface area contributed by atoms with Gasteiger partial charge in [0.1, 0.15) is 11.5 Å². The number of benzene rings is 2. The number of hydrogen-bond donors (Lipinski definition) is 1. The van der Waals surface area contributed by atoms with Gasteiger partial charge in [-0.2, -0.15) is 0 Å². The van der Waals surface area contributed by atoms with Crippen molar-refractivity contribution < 1.29 is 17.9 Å². The number of rotatable bonds is 5. The Labute approximate surface area is 148 Å². The summed E-state index contributed by atoms with van der Waals surface area (Å²) in [4.78, 5) is 12.3. The highest BCUT2D eigenvalue weighted by Crippen LogP contribution is 2.25. The Kier molecular flexibility index (Phi) is 5.52. The molecule has 0 fully saturated rings. The summed E-state index contributed by atoms with van der Waals surface area (Å²) >= 11 is 0. The second-order valence-electron chi connectivity index (χ2n) is 6.78. The van der Waals surface area contributed by atoms with E-state index in [9.17, 15) is 13.2 Å². The molecule has 0 saturated heterocycles. The van der Waals surface area contributed by atoms with Crippen molar-refractivity contribution in [2.75, 3.05) is 18.2 Å². The van der Waals surface area contributed by atoms with Gasteiger partial charge in [0, 0.05) is 0 Å². The lowest BCUT2D eigenvalue weighted by Gasteiger charge is -2.19. The number of ether oxygens (including phenoxy) is 1. The van der Waals surface area contributed by atoms with E-state index in [1.165, 1.54) is 7.11 Å². The highest BCUT2D eigenvalue weighted by molar-refractivity contribution is 7.92. The summed E-state index contributed by atoms with van der Waals surface area (Å²) in [6.45, 7) is 6.16. The molecule has 0 bridgehead atoms. The van der Waals surface area contributed by atoms with E-state index in [2.05, 4.69) is 26.1 Å². The van der Waals surface area contributed by atoms with E-state index in [4.69, 9.17) is 4.74 Å². The third-order valence-electron chi connectivity index (χ3n) is 3.78. The number of anilines is 1. The van der Waals surface area contributed by atoms with E-state index in [1.807, 2.05) is 0 Å². The van der Waals surface area contributed by atoms with Gasteiger partial charge in [0.15, 0.2) is 9.84 Å². The zero-order valence-electron chi connectivity index (χ0n) is 14.9.